The number of carbonyl (C=O) groups excluding carboxylic acids is 2. The van der Waals surface area contributed by atoms with Crippen molar-refractivity contribution in [1.29, 1.82) is 0 Å². The zero-order valence-electron chi connectivity index (χ0n) is 15.3. The number of rotatable bonds is 4. The Hall–Kier alpha value is -2.00. The number of hydrogen-bond donors (Lipinski definition) is 0. The van der Waals surface area contributed by atoms with Crippen molar-refractivity contribution < 1.29 is 27.5 Å². The summed E-state index contributed by atoms with van der Waals surface area (Å²) in [4.78, 5) is 26.1. The summed E-state index contributed by atoms with van der Waals surface area (Å²) in [6.07, 6.45) is 2.45. The van der Waals surface area contributed by atoms with E-state index in [1.54, 1.807) is 4.90 Å². The van der Waals surface area contributed by atoms with Gasteiger partial charge in [0, 0.05) is 44.0 Å². The highest BCUT2D eigenvalue weighted by molar-refractivity contribution is 7.89. The van der Waals surface area contributed by atoms with Gasteiger partial charge in [-0.1, -0.05) is 0 Å². The number of carbonyl (C=O) groups is 2. The molecule has 3 fully saturated rings. The fourth-order valence-corrected chi connectivity index (χ4v) is 6.52. The van der Waals surface area contributed by atoms with Crippen LogP contribution in [0.2, 0.25) is 0 Å². The lowest BCUT2D eigenvalue weighted by Gasteiger charge is -2.39. The summed E-state index contributed by atoms with van der Waals surface area (Å²) < 4.78 is 39.7. The first-order valence-electron chi connectivity index (χ1n) is 9.54. The second-order valence-electron chi connectivity index (χ2n) is 7.89. The summed E-state index contributed by atoms with van der Waals surface area (Å²) in [6.45, 7) is 0.685. The number of fused-ring (bicyclic) bond motifs is 2. The van der Waals surface area contributed by atoms with Crippen LogP contribution in [0.4, 0.5) is 4.39 Å². The number of hydrogen-bond acceptors (Lipinski definition) is 5. The Bertz CT molecular complexity index is 880. The Morgan fingerprint density at radius 3 is 2.11 bits per heavy atom. The normalized spacial score (nSPS) is 30.5. The maximum absolute atomic E-state index is 13.1. The van der Waals surface area contributed by atoms with Crippen molar-refractivity contribution in [2.75, 3.05) is 26.2 Å². The van der Waals surface area contributed by atoms with Crippen molar-refractivity contribution in [1.82, 2.24) is 9.21 Å². The first-order valence-corrected chi connectivity index (χ1v) is 11.0. The largest absolute Gasteiger partial charge is 0.550 e. The number of carboxylic acid groups (broad SMARTS) is 1. The lowest BCUT2D eigenvalue weighted by molar-refractivity contribution is -0.314. The third kappa shape index (κ3) is 3.20. The van der Waals surface area contributed by atoms with Gasteiger partial charge in [0.2, 0.25) is 15.9 Å². The number of halogens is 1. The molecule has 9 heteroatoms. The van der Waals surface area contributed by atoms with Gasteiger partial charge in [0.1, 0.15) is 5.82 Å². The first-order chi connectivity index (χ1) is 13.3. The molecular weight excluding hydrogens is 387 g/mol. The van der Waals surface area contributed by atoms with Crippen molar-refractivity contribution in [3.05, 3.63) is 30.1 Å². The van der Waals surface area contributed by atoms with Crippen molar-refractivity contribution in [2.45, 2.75) is 24.2 Å². The number of amides is 1. The van der Waals surface area contributed by atoms with Crippen LogP contribution in [-0.4, -0.2) is 55.7 Å². The number of nitrogens with zero attached hydrogens (tertiary/aromatic N) is 2. The van der Waals surface area contributed by atoms with Gasteiger partial charge < -0.3 is 14.8 Å². The van der Waals surface area contributed by atoms with E-state index in [0.29, 0.717) is 0 Å². The van der Waals surface area contributed by atoms with Crippen LogP contribution < -0.4 is 5.11 Å². The molecule has 2 aliphatic carbocycles. The Morgan fingerprint density at radius 2 is 1.54 bits per heavy atom. The Morgan fingerprint density at radius 1 is 0.964 bits per heavy atom. The molecule has 2 saturated carbocycles. The molecule has 28 heavy (non-hydrogen) atoms. The van der Waals surface area contributed by atoms with E-state index < -0.39 is 33.6 Å². The van der Waals surface area contributed by atoms with Gasteiger partial charge in [-0.15, -0.1) is 0 Å². The Labute approximate surface area is 163 Å². The van der Waals surface area contributed by atoms with Gasteiger partial charge in [-0.25, -0.2) is 12.8 Å². The smallest absolute Gasteiger partial charge is 0.243 e. The van der Waals surface area contributed by atoms with Crippen molar-refractivity contribution in [3.8, 4) is 0 Å². The summed E-state index contributed by atoms with van der Waals surface area (Å²) in [5, 5.41) is 11.6. The highest BCUT2D eigenvalue weighted by Crippen LogP contribution is 2.52. The highest BCUT2D eigenvalue weighted by atomic mass is 32.2. The van der Waals surface area contributed by atoms with Crippen LogP contribution in [0, 0.1) is 29.5 Å². The van der Waals surface area contributed by atoms with Crippen LogP contribution in [0.3, 0.4) is 0 Å². The zero-order valence-corrected chi connectivity index (χ0v) is 16.1. The molecule has 0 radical (unpaired) electrons. The van der Waals surface area contributed by atoms with Gasteiger partial charge in [0.25, 0.3) is 0 Å². The van der Waals surface area contributed by atoms with Crippen LogP contribution in [0.1, 0.15) is 19.3 Å². The fourth-order valence-electron chi connectivity index (χ4n) is 5.10. The van der Waals surface area contributed by atoms with Crippen molar-refractivity contribution in [2.24, 2.45) is 23.7 Å². The average Bonchev–Trinajstić information content (AvgIpc) is 3.29. The molecule has 0 spiro atoms. The number of carboxylic acids is 1. The van der Waals surface area contributed by atoms with E-state index >= 15 is 0 Å². The molecule has 4 rings (SSSR count). The predicted molar refractivity (Wildman–Crippen MR) is 94.6 cm³/mol. The Balaban J connectivity index is 1.43. The number of aliphatic carboxylic acids is 1. The molecular formula is C19H22FN2O5S-. The van der Waals surface area contributed by atoms with Gasteiger partial charge in [0.05, 0.1) is 4.90 Å². The fraction of sp³-hybridized carbons (Fsp3) is 0.579. The van der Waals surface area contributed by atoms with E-state index in [-0.39, 0.29) is 48.8 Å². The number of benzene rings is 1. The van der Waals surface area contributed by atoms with Crippen molar-refractivity contribution >= 4 is 21.9 Å². The summed E-state index contributed by atoms with van der Waals surface area (Å²) in [5.41, 5.74) is 0. The average molecular weight is 409 g/mol. The molecule has 0 aromatic heterocycles. The zero-order chi connectivity index (χ0) is 20.1. The third-order valence-electron chi connectivity index (χ3n) is 6.48. The van der Waals surface area contributed by atoms with Gasteiger partial charge >= 0.3 is 0 Å². The summed E-state index contributed by atoms with van der Waals surface area (Å²) in [5.74, 6) is -3.03. The van der Waals surface area contributed by atoms with Crippen LogP contribution in [0.25, 0.3) is 0 Å². The minimum atomic E-state index is -3.75. The molecule has 0 N–H and O–H groups in total. The number of piperazine rings is 1. The molecule has 7 nitrogen and oxygen atoms in total. The molecule has 1 saturated heterocycles. The maximum Gasteiger partial charge on any atom is 0.243 e. The standard InChI is InChI=1S/C19H23FN2O5S/c20-14-3-5-15(6-4-14)28(26,27)22-9-7-21(8-10-22)18(23)16-12-1-2-13(11-12)17(16)19(24)25/h3-6,12-13,16-17H,1-2,7-11H2,(H,24,25)/p-1/t12-,13-,16+,17+/m1/s1. The molecule has 2 bridgehead atoms. The third-order valence-corrected chi connectivity index (χ3v) is 8.39. The van der Waals surface area contributed by atoms with Crippen LogP contribution in [-0.2, 0) is 19.6 Å². The SMILES string of the molecule is O=C([O-])[C@H]1[C@@H]2CC[C@H](C2)[C@@H]1C(=O)N1CCN(S(=O)(=O)c2ccc(F)cc2)CC1. The van der Waals surface area contributed by atoms with E-state index in [0.717, 1.165) is 31.4 Å². The monoisotopic (exact) mass is 409 g/mol. The quantitative estimate of drug-likeness (QED) is 0.701. The first kappa shape index (κ1) is 19.3. The predicted octanol–water partition coefficient (Wildman–Crippen LogP) is 0.0708. The summed E-state index contributed by atoms with van der Waals surface area (Å²) in [6, 6.07) is 4.65. The van der Waals surface area contributed by atoms with Gasteiger partial charge in [-0.2, -0.15) is 4.31 Å². The van der Waals surface area contributed by atoms with Crippen LogP contribution in [0.5, 0.6) is 0 Å². The van der Waals surface area contributed by atoms with E-state index in [9.17, 15) is 27.5 Å². The van der Waals surface area contributed by atoms with Gasteiger partial charge in [-0.3, -0.25) is 4.79 Å². The van der Waals surface area contributed by atoms with E-state index in [1.165, 1.54) is 16.4 Å². The summed E-state index contributed by atoms with van der Waals surface area (Å²) in [7, 11) is -3.75. The highest BCUT2D eigenvalue weighted by Gasteiger charge is 2.52. The number of sulfonamides is 1. The maximum atomic E-state index is 13.1. The lowest BCUT2D eigenvalue weighted by atomic mass is 9.78. The minimum absolute atomic E-state index is 0.0128. The van der Waals surface area contributed by atoms with Crippen LogP contribution >= 0.6 is 0 Å². The molecule has 3 aliphatic rings. The lowest BCUT2D eigenvalue weighted by Crippen LogP contribution is -2.54. The minimum Gasteiger partial charge on any atom is -0.550 e. The molecule has 152 valence electrons. The summed E-state index contributed by atoms with van der Waals surface area (Å²) >= 11 is 0. The van der Waals surface area contributed by atoms with Gasteiger partial charge in [0.15, 0.2) is 0 Å². The molecule has 1 amide bonds. The Kier molecular flexibility index (Phi) is 4.91. The molecule has 1 aliphatic heterocycles. The molecule has 1 aromatic rings. The molecule has 1 aromatic carbocycles. The van der Waals surface area contributed by atoms with E-state index in [2.05, 4.69) is 0 Å². The second-order valence-corrected chi connectivity index (χ2v) is 9.83. The van der Waals surface area contributed by atoms with E-state index in [4.69, 9.17) is 0 Å². The topological polar surface area (TPSA) is 97.8 Å². The van der Waals surface area contributed by atoms with E-state index in [1.807, 2.05) is 0 Å². The van der Waals surface area contributed by atoms with Crippen molar-refractivity contribution in [3.63, 3.8) is 0 Å². The molecule has 4 atom stereocenters. The second kappa shape index (κ2) is 7.11. The molecule has 1 heterocycles. The molecule has 0 unspecified atom stereocenters. The van der Waals surface area contributed by atoms with Gasteiger partial charge in [-0.05, 0) is 55.4 Å². The van der Waals surface area contributed by atoms with Crippen LogP contribution in [0.15, 0.2) is 29.2 Å².